The maximum absolute atomic E-state index is 13.6. The molecular formula is C28H34N4O3. The summed E-state index contributed by atoms with van der Waals surface area (Å²) in [5, 5.41) is 0. The number of ether oxygens (including phenoxy) is 1. The van der Waals surface area contributed by atoms with Crippen molar-refractivity contribution in [2.75, 3.05) is 44.7 Å². The number of benzene rings is 2. The number of anilines is 1. The third-order valence-electron chi connectivity index (χ3n) is 7.29. The lowest BCUT2D eigenvalue weighted by atomic mass is 10.1. The number of aryl methyl sites for hydroxylation is 1. The van der Waals surface area contributed by atoms with Gasteiger partial charge in [-0.25, -0.2) is 4.79 Å². The molecule has 0 N–H and O–H groups in total. The molecule has 1 aliphatic carbocycles. The number of nitrogens with zero attached hydrogens (tertiary/aromatic N) is 4. The standard InChI is InChI=1S/C28H34N4O3/c1-21-18-31(19-22-8-4-3-5-9-22)28(34)32(27(21)33)25(23-12-13-23)20-29-14-16-30(17-15-29)24-10-6-7-11-26(24)35-2/h3-11,18,23,25H,12-17,19-20H2,1-2H3. The predicted molar refractivity (Wildman–Crippen MR) is 139 cm³/mol. The van der Waals surface area contributed by atoms with E-state index in [0.717, 1.165) is 62.6 Å². The summed E-state index contributed by atoms with van der Waals surface area (Å²) in [6.07, 6.45) is 3.86. The van der Waals surface area contributed by atoms with E-state index in [9.17, 15) is 9.59 Å². The van der Waals surface area contributed by atoms with E-state index >= 15 is 0 Å². The summed E-state index contributed by atoms with van der Waals surface area (Å²) in [5.74, 6) is 1.28. The van der Waals surface area contributed by atoms with Crippen molar-refractivity contribution in [1.82, 2.24) is 14.0 Å². The monoisotopic (exact) mass is 474 g/mol. The van der Waals surface area contributed by atoms with Gasteiger partial charge in [0.15, 0.2) is 0 Å². The predicted octanol–water partition coefficient (Wildman–Crippen LogP) is 3.15. The van der Waals surface area contributed by atoms with Crippen LogP contribution >= 0.6 is 0 Å². The zero-order chi connectivity index (χ0) is 24.4. The first-order chi connectivity index (χ1) is 17.0. The number of rotatable bonds is 8. The number of methoxy groups -OCH3 is 1. The summed E-state index contributed by atoms with van der Waals surface area (Å²) in [6.45, 7) is 6.57. The number of hydrogen-bond acceptors (Lipinski definition) is 5. The van der Waals surface area contributed by atoms with Crippen LogP contribution in [0.3, 0.4) is 0 Å². The maximum atomic E-state index is 13.6. The molecule has 2 fully saturated rings. The molecule has 1 saturated carbocycles. The van der Waals surface area contributed by atoms with Crippen molar-refractivity contribution in [3.8, 4) is 5.75 Å². The molecule has 0 amide bonds. The third kappa shape index (κ3) is 5.05. The number of para-hydroxylation sites is 2. The van der Waals surface area contributed by atoms with Gasteiger partial charge in [0.25, 0.3) is 5.56 Å². The van der Waals surface area contributed by atoms with Gasteiger partial charge < -0.3 is 9.64 Å². The zero-order valence-corrected chi connectivity index (χ0v) is 20.6. The van der Waals surface area contributed by atoms with Crippen LogP contribution in [0.15, 0.2) is 70.4 Å². The average molecular weight is 475 g/mol. The van der Waals surface area contributed by atoms with Crippen molar-refractivity contribution < 1.29 is 4.74 Å². The van der Waals surface area contributed by atoms with Gasteiger partial charge in [-0.05, 0) is 43.4 Å². The third-order valence-corrected chi connectivity index (χ3v) is 7.29. The first kappa shape index (κ1) is 23.4. The molecule has 0 bridgehead atoms. The van der Waals surface area contributed by atoms with Crippen LogP contribution in [-0.4, -0.2) is 53.9 Å². The summed E-state index contributed by atoms with van der Waals surface area (Å²) in [5.41, 5.74) is 2.44. The van der Waals surface area contributed by atoms with Gasteiger partial charge in [0.2, 0.25) is 0 Å². The van der Waals surface area contributed by atoms with Crippen LogP contribution in [-0.2, 0) is 6.54 Å². The average Bonchev–Trinajstić information content (AvgIpc) is 3.73. The Labute approximate surface area is 206 Å². The first-order valence-corrected chi connectivity index (χ1v) is 12.5. The number of aromatic nitrogens is 2. The molecule has 1 atom stereocenters. The SMILES string of the molecule is COc1ccccc1N1CCN(CC(C2CC2)n2c(=O)c(C)cn(Cc3ccccc3)c2=O)CC1. The Balaban J connectivity index is 1.35. The smallest absolute Gasteiger partial charge is 0.331 e. The molecule has 7 heteroatoms. The van der Waals surface area contributed by atoms with Crippen LogP contribution < -0.4 is 20.9 Å². The highest BCUT2D eigenvalue weighted by Gasteiger charge is 2.36. The van der Waals surface area contributed by atoms with E-state index in [-0.39, 0.29) is 17.3 Å². The van der Waals surface area contributed by atoms with Crippen LogP contribution in [0.25, 0.3) is 0 Å². The molecule has 1 saturated heterocycles. The van der Waals surface area contributed by atoms with Crippen molar-refractivity contribution in [1.29, 1.82) is 0 Å². The minimum absolute atomic E-state index is 0.0882. The van der Waals surface area contributed by atoms with Gasteiger partial charge in [0, 0.05) is 44.5 Å². The molecule has 1 unspecified atom stereocenters. The Bertz CT molecular complexity index is 1270. The van der Waals surface area contributed by atoms with Crippen LogP contribution in [0, 0.1) is 12.8 Å². The van der Waals surface area contributed by atoms with Crippen molar-refractivity contribution >= 4 is 5.69 Å². The lowest BCUT2D eigenvalue weighted by molar-refractivity contribution is 0.201. The van der Waals surface area contributed by atoms with Crippen molar-refractivity contribution in [3.05, 3.63) is 92.8 Å². The Kier molecular flexibility index (Phi) is 6.77. The second-order valence-corrected chi connectivity index (χ2v) is 9.75. The van der Waals surface area contributed by atoms with Crippen LogP contribution in [0.4, 0.5) is 5.69 Å². The molecule has 2 aromatic carbocycles. The van der Waals surface area contributed by atoms with Gasteiger partial charge >= 0.3 is 5.69 Å². The van der Waals surface area contributed by atoms with E-state index in [2.05, 4.69) is 15.9 Å². The Morgan fingerprint density at radius 3 is 2.31 bits per heavy atom. The lowest BCUT2D eigenvalue weighted by Crippen LogP contribution is -2.51. The molecule has 0 spiro atoms. The molecule has 0 radical (unpaired) electrons. The summed E-state index contributed by atoms with van der Waals surface area (Å²) in [6, 6.07) is 18.0. The van der Waals surface area contributed by atoms with Gasteiger partial charge in [0.05, 0.1) is 25.4 Å². The summed E-state index contributed by atoms with van der Waals surface area (Å²) >= 11 is 0. The van der Waals surface area contributed by atoms with Gasteiger partial charge in [-0.1, -0.05) is 42.5 Å². The minimum atomic E-state index is -0.200. The second-order valence-electron chi connectivity index (χ2n) is 9.75. The van der Waals surface area contributed by atoms with Crippen molar-refractivity contribution in [3.63, 3.8) is 0 Å². The Hall–Kier alpha value is -3.32. The Morgan fingerprint density at radius 1 is 0.943 bits per heavy atom. The van der Waals surface area contributed by atoms with Gasteiger partial charge in [-0.15, -0.1) is 0 Å². The molecule has 184 valence electrons. The van der Waals surface area contributed by atoms with Crippen molar-refractivity contribution in [2.45, 2.75) is 32.4 Å². The van der Waals surface area contributed by atoms with Gasteiger partial charge in [0.1, 0.15) is 5.75 Å². The first-order valence-electron chi connectivity index (χ1n) is 12.5. The quantitative estimate of drug-likeness (QED) is 0.502. The number of piperazine rings is 1. The van der Waals surface area contributed by atoms with Crippen LogP contribution in [0.5, 0.6) is 5.75 Å². The number of hydrogen-bond donors (Lipinski definition) is 0. The molecule has 5 rings (SSSR count). The largest absolute Gasteiger partial charge is 0.495 e. The lowest BCUT2D eigenvalue weighted by Gasteiger charge is -2.38. The fourth-order valence-corrected chi connectivity index (χ4v) is 5.19. The van der Waals surface area contributed by atoms with Gasteiger partial charge in [-0.2, -0.15) is 0 Å². The fourth-order valence-electron chi connectivity index (χ4n) is 5.19. The topological polar surface area (TPSA) is 59.7 Å². The normalized spacial score (nSPS) is 17.4. The van der Waals surface area contributed by atoms with E-state index in [1.165, 1.54) is 0 Å². The zero-order valence-electron chi connectivity index (χ0n) is 20.6. The van der Waals surface area contributed by atoms with Crippen molar-refractivity contribution in [2.24, 2.45) is 5.92 Å². The maximum Gasteiger partial charge on any atom is 0.331 e. The molecule has 2 heterocycles. The highest BCUT2D eigenvalue weighted by molar-refractivity contribution is 5.58. The van der Waals surface area contributed by atoms with E-state index in [1.807, 2.05) is 55.5 Å². The minimum Gasteiger partial charge on any atom is -0.495 e. The van der Waals surface area contributed by atoms with E-state index in [1.54, 1.807) is 22.4 Å². The summed E-state index contributed by atoms with van der Waals surface area (Å²) in [7, 11) is 1.71. The molecule has 1 aliphatic heterocycles. The van der Waals surface area contributed by atoms with Crippen LogP contribution in [0.1, 0.15) is 30.0 Å². The molecular weight excluding hydrogens is 440 g/mol. The molecule has 7 nitrogen and oxygen atoms in total. The molecule has 3 aromatic rings. The van der Waals surface area contributed by atoms with Crippen LogP contribution in [0.2, 0.25) is 0 Å². The molecule has 2 aliphatic rings. The summed E-state index contributed by atoms with van der Waals surface area (Å²) in [4.78, 5) is 31.5. The fraction of sp³-hybridized carbons (Fsp3) is 0.429. The molecule has 1 aromatic heterocycles. The second kappa shape index (κ2) is 10.1. The Morgan fingerprint density at radius 2 is 1.63 bits per heavy atom. The van der Waals surface area contributed by atoms with E-state index in [4.69, 9.17) is 4.74 Å². The molecule has 35 heavy (non-hydrogen) atoms. The van der Waals surface area contributed by atoms with E-state index < -0.39 is 0 Å². The highest BCUT2D eigenvalue weighted by atomic mass is 16.5. The summed E-state index contributed by atoms with van der Waals surface area (Å²) < 4.78 is 8.80. The van der Waals surface area contributed by atoms with E-state index in [0.29, 0.717) is 18.0 Å². The highest BCUT2D eigenvalue weighted by Crippen LogP contribution is 2.39. The van der Waals surface area contributed by atoms with Gasteiger partial charge in [-0.3, -0.25) is 18.8 Å².